The van der Waals surface area contributed by atoms with Crippen LogP contribution < -0.4 is 5.32 Å². The Balaban J connectivity index is 2.81. The fourth-order valence-corrected chi connectivity index (χ4v) is 1.99. The number of benzene rings is 1. The van der Waals surface area contributed by atoms with Gasteiger partial charge in [0.1, 0.15) is 4.47 Å². The standard InChI is InChI=1S/C12H14BrN3O4/c1-3-15(2)10(17)7-14-12(18)8-5-4-6-9(11(8)13)16(19)20/h4-6H,3,7H2,1-2H3,(H,14,18). The zero-order valence-corrected chi connectivity index (χ0v) is 12.6. The van der Waals surface area contributed by atoms with Crippen molar-refractivity contribution in [1.82, 2.24) is 10.2 Å². The fourth-order valence-electron chi connectivity index (χ4n) is 1.40. The molecule has 0 radical (unpaired) electrons. The second-order valence-corrected chi connectivity index (χ2v) is 4.78. The molecule has 8 heteroatoms. The van der Waals surface area contributed by atoms with Crippen LogP contribution in [0.5, 0.6) is 0 Å². The summed E-state index contributed by atoms with van der Waals surface area (Å²) in [6.07, 6.45) is 0. The minimum atomic E-state index is -0.586. The Labute approximate surface area is 124 Å². The lowest BCUT2D eigenvalue weighted by Gasteiger charge is -2.14. The summed E-state index contributed by atoms with van der Waals surface area (Å²) in [6.45, 7) is 2.20. The number of rotatable bonds is 5. The molecule has 0 spiro atoms. The Morgan fingerprint density at radius 3 is 2.65 bits per heavy atom. The first-order valence-electron chi connectivity index (χ1n) is 5.83. The van der Waals surface area contributed by atoms with Crippen molar-refractivity contribution in [2.24, 2.45) is 0 Å². The summed E-state index contributed by atoms with van der Waals surface area (Å²) in [5.74, 6) is -0.777. The second kappa shape index (κ2) is 6.99. The van der Waals surface area contributed by atoms with E-state index in [1.54, 1.807) is 7.05 Å². The number of halogens is 1. The van der Waals surface area contributed by atoms with Crippen LogP contribution in [0, 0.1) is 10.1 Å². The Hall–Kier alpha value is -1.96. The first-order chi connectivity index (χ1) is 9.38. The zero-order chi connectivity index (χ0) is 15.3. The van der Waals surface area contributed by atoms with Gasteiger partial charge in [0, 0.05) is 19.7 Å². The Morgan fingerprint density at radius 1 is 1.45 bits per heavy atom. The van der Waals surface area contributed by atoms with Crippen molar-refractivity contribution in [3.63, 3.8) is 0 Å². The number of nitro groups is 1. The second-order valence-electron chi connectivity index (χ2n) is 3.99. The SMILES string of the molecule is CCN(C)C(=O)CNC(=O)c1cccc([N+](=O)[O-])c1Br. The highest BCUT2D eigenvalue weighted by atomic mass is 79.9. The number of carbonyl (C=O) groups is 2. The van der Waals surface area contributed by atoms with Crippen LogP contribution in [0.15, 0.2) is 22.7 Å². The van der Waals surface area contributed by atoms with Crippen molar-refractivity contribution in [3.8, 4) is 0 Å². The molecule has 0 saturated heterocycles. The molecule has 1 aromatic carbocycles. The molecule has 0 saturated carbocycles. The van der Waals surface area contributed by atoms with E-state index in [-0.39, 0.29) is 28.2 Å². The van der Waals surface area contributed by atoms with Gasteiger partial charge in [-0.05, 0) is 28.9 Å². The molecule has 0 fully saturated rings. The molecular formula is C12H14BrN3O4. The number of hydrogen-bond acceptors (Lipinski definition) is 4. The quantitative estimate of drug-likeness (QED) is 0.648. The third-order valence-electron chi connectivity index (χ3n) is 2.72. The number of nitrogens with one attached hydrogen (secondary N) is 1. The Bertz CT molecular complexity index is 548. The van der Waals surface area contributed by atoms with Gasteiger partial charge >= 0.3 is 0 Å². The molecule has 2 amide bonds. The van der Waals surface area contributed by atoms with Crippen LogP contribution >= 0.6 is 15.9 Å². The lowest BCUT2D eigenvalue weighted by Crippen LogP contribution is -2.38. The third-order valence-corrected chi connectivity index (χ3v) is 3.55. The van der Waals surface area contributed by atoms with Gasteiger partial charge in [0.25, 0.3) is 11.6 Å². The van der Waals surface area contributed by atoms with Crippen LogP contribution in [0.4, 0.5) is 5.69 Å². The molecule has 0 aliphatic heterocycles. The summed E-state index contributed by atoms with van der Waals surface area (Å²) in [7, 11) is 1.62. The topological polar surface area (TPSA) is 92.6 Å². The van der Waals surface area contributed by atoms with E-state index in [1.807, 2.05) is 6.92 Å². The minimum absolute atomic E-state index is 0.0961. The zero-order valence-electron chi connectivity index (χ0n) is 11.1. The van der Waals surface area contributed by atoms with E-state index in [1.165, 1.54) is 23.1 Å². The number of nitrogens with zero attached hydrogens (tertiary/aromatic N) is 2. The third kappa shape index (κ3) is 3.77. The van der Waals surface area contributed by atoms with Gasteiger partial charge in [0.15, 0.2) is 0 Å². The van der Waals surface area contributed by atoms with Crippen LogP contribution in [0.1, 0.15) is 17.3 Å². The molecule has 7 nitrogen and oxygen atoms in total. The maximum absolute atomic E-state index is 11.9. The van der Waals surface area contributed by atoms with E-state index in [4.69, 9.17) is 0 Å². The van der Waals surface area contributed by atoms with Crippen molar-refractivity contribution in [1.29, 1.82) is 0 Å². The molecule has 1 N–H and O–H groups in total. The van der Waals surface area contributed by atoms with Gasteiger partial charge in [0.2, 0.25) is 5.91 Å². The fraction of sp³-hybridized carbons (Fsp3) is 0.333. The van der Waals surface area contributed by atoms with E-state index >= 15 is 0 Å². The van der Waals surface area contributed by atoms with E-state index < -0.39 is 10.8 Å². The van der Waals surface area contributed by atoms with Crippen LogP contribution in [-0.4, -0.2) is 41.8 Å². The molecule has 0 atom stereocenters. The molecule has 0 aliphatic rings. The van der Waals surface area contributed by atoms with Crippen molar-refractivity contribution < 1.29 is 14.5 Å². The van der Waals surface area contributed by atoms with Gasteiger partial charge in [-0.3, -0.25) is 19.7 Å². The largest absolute Gasteiger partial charge is 0.345 e. The van der Waals surface area contributed by atoms with Crippen LogP contribution in [0.3, 0.4) is 0 Å². The molecule has 0 bridgehead atoms. The molecule has 0 aliphatic carbocycles. The average Bonchev–Trinajstić information content (AvgIpc) is 2.43. The van der Waals surface area contributed by atoms with Crippen LogP contribution in [0.2, 0.25) is 0 Å². The first-order valence-corrected chi connectivity index (χ1v) is 6.62. The molecule has 0 aromatic heterocycles. The predicted octanol–water partition coefficient (Wildman–Crippen LogP) is 1.57. The molecule has 0 unspecified atom stereocenters. The highest BCUT2D eigenvalue weighted by Gasteiger charge is 2.20. The lowest BCUT2D eigenvalue weighted by atomic mass is 10.2. The summed E-state index contributed by atoms with van der Waals surface area (Å²) >= 11 is 3.03. The molecule has 0 heterocycles. The number of likely N-dealkylation sites (N-methyl/N-ethyl adjacent to an activating group) is 1. The van der Waals surface area contributed by atoms with Gasteiger partial charge in [-0.25, -0.2) is 0 Å². The van der Waals surface area contributed by atoms with Crippen molar-refractivity contribution in [2.75, 3.05) is 20.1 Å². The summed E-state index contributed by atoms with van der Waals surface area (Å²) < 4.78 is 0.0961. The Kier molecular flexibility index (Phi) is 5.63. The monoisotopic (exact) mass is 343 g/mol. The summed E-state index contributed by atoms with van der Waals surface area (Å²) in [6, 6.07) is 4.15. The maximum Gasteiger partial charge on any atom is 0.284 e. The van der Waals surface area contributed by atoms with E-state index in [2.05, 4.69) is 21.2 Å². The van der Waals surface area contributed by atoms with E-state index in [9.17, 15) is 19.7 Å². The smallest absolute Gasteiger partial charge is 0.284 e. The number of amides is 2. The molecule has 20 heavy (non-hydrogen) atoms. The van der Waals surface area contributed by atoms with Crippen LogP contribution in [-0.2, 0) is 4.79 Å². The van der Waals surface area contributed by atoms with E-state index in [0.29, 0.717) is 6.54 Å². The highest BCUT2D eigenvalue weighted by Crippen LogP contribution is 2.28. The Morgan fingerprint density at radius 2 is 2.10 bits per heavy atom. The van der Waals surface area contributed by atoms with Gasteiger partial charge < -0.3 is 10.2 Å². The van der Waals surface area contributed by atoms with Crippen molar-refractivity contribution in [3.05, 3.63) is 38.3 Å². The molecule has 1 aromatic rings. The van der Waals surface area contributed by atoms with Crippen molar-refractivity contribution in [2.45, 2.75) is 6.92 Å². The number of carbonyl (C=O) groups excluding carboxylic acids is 2. The molecular weight excluding hydrogens is 330 g/mol. The van der Waals surface area contributed by atoms with Gasteiger partial charge in [-0.2, -0.15) is 0 Å². The van der Waals surface area contributed by atoms with Gasteiger partial charge in [-0.15, -0.1) is 0 Å². The summed E-state index contributed by atoms with van der Waals surface area (Å²) in [5.41, 5.74) is -0.0826. The first kappa shape index (κ1) is 16.1. The highest BCUT2D eigenvalue weighted by molar-refractivity contribution is 9.10. The number of hydrogen-bond donors (Lipinski definition) is 1. The van der Waals surface area contributed by atoms with Gasteiger partial charge in [0.05, 0.1) is 17.0 Å². The number of nitro benzene ring substituents is 1. The lowest BCUT2D eigenvalue weighted by molar-refractivity contribution is -0.385. The van der Waals surface area contributed by atoms with Crippen LogP contribution in [0.25, 0.3) is 0 Å². The normalized spacial score (nSPS) is 9.95. The molecule has 1 rings (SSSR count). The summed E-state index contributed by atoms with van der Waals surface area (Å²) in [4.78, 5) is 35.1. The molecule has 108 valence electrons. The van der Waals surface area contributed by atoms with Crippen molar-refractivity contribution >= 4 is 33.4 Å². The maximum atomic E-state index is 11.9. The van der Waals surface area contributed by atoms with E-state index in [0.717, 1.165) is 0 Å². The summed E-state index contributed by atoms with van der Waals surface area (Å²) in [5, 5.41) is 13.2. The average molecular weight is 344 g/mol. The predicted molar refractivity (Wildman–Crippen MR) is 76.4 cm³/mol. The van der Waals surface area contributed by atoms with Gasteiger partial charge in [-0.1, -0.05) is 6.07 Å². The minimum Gasteiger partial charge on any atom is -0.345 e.